The molecule has 1 aliphatic rings. The first-order chi connectivity index (χ1) is 14.4. The summed E-state index contributed by atoms with van der Waals surface area (Å²) in [7, 11) is 0. The first kappa shape index (κ1) is 21.5. The number of rotatable bonds is 6. The molecule has 1 heterocycles. The maximum absolute atomic E-state index is 13.1. The second kappa shape index (κ2) is 10.0. The molecular weight excluding hydrogens is 385 g/mol. The Labute approximate surface area is 175 Å². The molecule has 1 fully saturated rings. The standard InChI is InChI=1S/C23H26FN3O3/c1-16(28)25-21(15-17-7-9-19(24)10-8-17)22(29)26-20-11-13-27(14-12-20)23(30)18-5-3-2-4-6-18/h2-10,20-21H,11-15H2,1H3,(H,25,28)(H,26,29)/t21-/m0/s1. The number of carbonyl (C=O) groups excluding carboxylic acids is 3. The highest BCUT2D eigenvalue weighted by atomic mass is 19.1. The fraction of sp³-hybridized carbons (Fsp3) is 0.348. The van der Waals surface area contributed by atoms with Crippen LogP contribution >= 0.6 is 0 Å². The highest BCUT2D eigenvalue weighted by Gasteiger charge is 2.27. The van der Waals surface area contributed by atoms with Crippen molar-refractivity contribution in [3.63, 3.8) is 0 Å². The maximum Gasteiger partial charge on any atom is 0.253 e. The summed E-state index contributed by atoms with van der Waals surface area (Å²) in [6, 6.07) is 14.2. The van der Waals surface area contributed by atoms with Gasteiger partial charge in [-0.25, -0.2) is 4.39 Å². The van der Waals surface area contributed by atoms with Crippen LogP contribution in [-0.2, 0) is 16.0 Å². The molecule has 1 atom stereocenters. The number of benzene rings is 2. The maximum atomic E-state index is 13.1. The molecule has 0 spiro atoms. The van der Waals surface area contributed by atoms with Crippen molar-refractivity contribution < 1.29 is 18.8 Å². The molecule has 0 aromatic heterocycles. The summed E-state index contributed by atoms with van der Waals surface area (Å²) in [4.78, 5) is 38.7. The fourth-order valence-electron chi connectivity index (χ4n) is 3.60. The summed E-state index contributed by atoms with van der Waals surface area (Å²) in [5.74, 6) is -0.938. The van der Waals surface area contributed by atoms with Crippen LogP contribution in [0.5, 0.6) is 0 Å². The quantitative estimate of drug-likeness (QED) is 0.766. The molecule has 0 bridgehead atoms. The number of amides is 3. The Bertz CT molecular complexity index is 878. The Hall–Kier alpha value is -3.22. The van der Waals surface area contributed by atoms with Gasteiger partial charge in [-0.2, -0.15) is 0 Å². The van der Waals surface area contributed by atoms with Crippen LogP contribution in [0.4, 0.5) is 4.39 Å². The molecule has 0 saturated carbocycles. The van der Waals surface area contributed by atoms with Crippen LogP contribution < -0.4 is 10.6 Å². The first-order valence-electron chi connectivity index (χ1n) is 10.1. The minimum absolute atomic E-state index is 0.00666. The van der Waals surface area contributed by atoms with E-state index in [0.29, 0.717) is 31.5 Å². The summed E-state index contributed by atoms with van der Waals surface area (Å²) >= 11 is 0. The number of carbonyl (C=O) groups is 3. The van der Waals surface area contributed by atoms with Crippen LogP contribution in [0.3, 0.4) is 0 Å². The summed E-state index contributed by atoms with van der Waals surface area (Å²) < 4.78 is 13.1. The number of halogens is 1. The molecule has 1 saturated heterocycles. The van der Waals surface area contributed by atoms with Crippen LogP contribution in [0.15, 0.2) is 54.6 Å². The number of likely N-dealkylation sites (tertiary alicyclic amines) is 1. The number of piperidine rings is 1. The fourth-order valence-corrected chi connectivity index (χ4v) is 3.60. The third kappa shape index (κ3) is 5.89. The van der Waals surface area contributed by atoms with E-state index in [1.165, 1.54) is 19.1 Å². The molecule has 0 unspecified atom stereocenters. The van der Waals surface area contributed by atoms with E-state index in [9.17, 15) is 18.8 Å². The average molecular weight is 411 g/mol. The van der Waals surface area contributed by atoms with Crippen molar-refractivity contribution in [3.05, 3.63) is 71.5 Å². The van der Waals surface area contributed by atoms with Gasteiger partial charge in [0.2, 0.25) is 11.8 Å². The zero-order valence-electron chi connectivity index (χ0n) is 16.9. The molecule has 6 nitrogen and oxygen atoms in total. The zero-order valence-corrected chi connectivity index (χ0v) is 16.9. The van der Waals surface area contributed by atoms with Crippen molar-refractivity contribution in [2.75, 3.05) is 13.1 Å². The average Bonchev–Trinajstić information content (AvgIpc) is 2.75. The van der Waals surface area contributed by atoms with Crippen molar-refractivity contribution in [1.29, 1.82) is 0 Å². The van der Waals surface area contributed by atoms with Crippen LogP contribution in [0.2, 0.25) is 0 Å². The van der Waals surface area contributed by atoms with Crippen LogP contribution in [0, 0.1) is 5.82 Å². The largest absolute Gasteiger partial charge is 0.351 e. The van der Waals surface area contributed by atoms with E-state index >= 15 is 0 Å². The van der Waals surface area contributed by atoms with Gasteiger partial charge in [0.15, 0.2) is 0 Å². The molecule has 7 heteroatoms. The molecule has 3 amide bonds. The second-order valence-electron chi connectivity index (χ2n) is 7.52. The summed E-state index contributed by atoms with van der Waals surface area (Å²) in [6.07, 6.45) is 1.57. The van der Waals surface area contributed by atoms with E-state index in [-0.39, 0.29) is 36.0 Å². The molecule has 2 N–H and O–H groups in total. The monoisotopic (exact) mass is 411 g/mol. The van der Waals surface area contributed by atoms with Gasteiger partial charge in [-0.15, -0.1) is 0 Å². The Morgan fingerprint density at radius 3 is 2.27 bits per heavy atom. The van der Waals surface area contributed by atoms with Crippen molar-refractivity contribution in [3.8, 4) is 0 Å². The van der Waals surface area contributed by atoms with Crippen molar-refractivity contribution in [1.82, 2.24) is 15.5 Å². The van der Waals surface area contributed by atoms with E-state index < -0.39 is 6.04 Å². The number of nitrogens with one attached hydrogen (secondary N) is 2. The van der Waals surface area contributed by atoms with Gasteiger partial charge < -0.3 is 15.5 Å². The predicted octanol–water partition coefficient (Wildman–Crippen LogP) is 2.29. The number of hydrogen-bond acceptors (Lipinski definition) is 3. The third-order valence-corrected chi connectivity index (χ3v) is 5.20. The summed E-state index contributed by atoms with van der Waals surface area (Å²) in [5.41, 5.74) is 1.42. The van der Waals surface area contributed by atoms with Crippen LogP contribution in [0.25, 0.3) is 0 Å². The smallest absolute Gasteiger partial charge is 0.253 e. The lowest BCUT2D eigenvalue weighted by atomic mass is 10.0. The topological polar surface area (TPSA) is 78.5 Å². The van der Waals surface area contributed by atoms with E-state index in [0.717, 1.165) is 5.56 Å². The number of hydrogen-bond donors (Lipinski definition) is 2. The van der Waals surface area contributed by atoms with E-state index in [4.69, 9.17) is 0 Å². The van der Waals surface area contributed by atoms with Crippen molar-refractivity contribution in [2.45, 2.75) is 38.3 Å². The lowest BCUT2D eigenvalue weighted by molar-refractivity contribution is -0.128. The normalized spacial score (nSPS) is 15.3. The number of nitrogens with zero attached hydrogens (tertiary/aromatic N) is 1. The SMILES string of the molecule is CC(=O)N[C@@H](Cc1ccc(F)cc1)C(=O)NC1CCN(C(=O)c2ccccc2)CC1. The lowest BCUT2D eigenvalue weighted by Gasteiger charge is -2.33. The first-order valence-corrected chi connectivity index (χ1v) is 10.1. The van der Waals surface area contributed by atoms with Gasteiger partial charge in [-0.3, -0.25) is 14.4 Å². The van der Waals surface area contributed by atoms with Gasteiger partial charge in [0.25, 0.3) is 5.91 Å². The minimum atomic E-state index is -0.739. The van der Waals surface area contributed by atoms with E-state index in [1.54, 1.807) is 29.2 Å². The third-order valence-electron chi connectivity index (χ3n) is 5.20. The Kier molecular flexibility index (Phi) is 7.17. The molecule has 2 aromatic rings. The highest BCUT2D eigenvalue weighted by molar-refractivity contribution is 5.94. The van der Waals surface area contributed by atoms with Crippen LogP contribution in [-0.4, -0.2) is 47.8 Å². The lowest BCUT2D eigenvalue weighted by Crippen LogP contribution is -2.53. The van der Waals surface area contributed by atoms with Crippen molar-refractivity contribution in [2.24, 2.45) is 0 Å². The zero-order chi connectivity index (χ0) is 21.5. The Morgan fingerprint density at radius 1 is 1.03 bits per heavy atom. The van der Waals surface area contributed by atoms with E-state index in [1.807, 2.05) is 18.2 Å². The molecule has 3 rings (SSSR count). The summed E-state index contributed by atoms with van der Waals surface area (Å²) in [6.45, 7) is 2.47. The van der Waals surface area contributed by atoms with Crippen molar-refractivity contribution >= 4 is 17.7 Å². The second-order valence-corrected chi connectivity index (χ2v) is 7.52. The predicted molar refractivity (Wildman–Crippen MR) is 111 cm³/mol. The van der Waals surface area contributed by atoms with Gasteiger partial charge in [-0.05, 0) is 42.7 Å². The van der Waals surface area contributed by atoms with E-state index in [2.05, 4.69) is 10.6 Å². The minimum Gasteiger partial charge on any atom is -0.351 e. The Balaban J connectivity index is 1.55. The molecule has 158 valence electrons. The van der Waals surface area contributed by atoms with Gasteiger partial charge in [0.05, 0.1) is 0 Å². The summed E-state index contributed by atoms with van der Waals surface area (Å²) in [5, 5.41) is 5.66. The molecular formula is C23H26FN3O3. The molecule has 0 aliphatic carbocycles. The molecule has 2 aromatic carbocycles. The van der Waals surface area contributed by atoms with Gasteiger partial charge in [-0.1, -0.05) is 30.3 Å². The highest BCUT2D eigenvalue weighted by Crippen LogP contribution is 2.15. The Morgan fingerprint density at radius 2 is 1.67 bits per heavy atom. The van der Waals surface area contributed by atoms with Gasteiger partial charge in [0, 0.05) is 38.0 Å². The van der Waals surface area contributed by atoms with Gasteiger partial charge in [0.1, 0.15) is 11.9 Å². The molecule has 0 radical (unpaired) electrons. The molecule has 1 aliphatic heterocycles. The van der Waals surface area contributed by atoms with Gasteiger partial charge >= 0.3 is 0 Å². The van der Waals surface area contributed by atoms with Crippen LogP contribution in [0.1, 0.15) is 35.7 Å². The molecule has 30 heavy (non-hydrogen) atoms.